The Morgan fingerprint density at radius 1 is 1.61 bits per heavy atom. The molecule has 18 heavy (non-hydrogen) atoms. The third kappa shape index (κ3) is 5.31. The van der Waals surface area contributed by atoms with Gasteiger partial charge in [-0.05, 0) is 44.2 Å². The van der Waals surface area contributed by atoms with Gasteiger partial charge in [0.15, 0.2) is 0 Å². The number of H-pyrrole nitrogens is 1. The molecule has 1 heterocycles. The average Bonchev–Trinajstić information content (AvgIpc) is 2.77. The highest BCUT2D eigenvalue weighted by atomic mass is 16.1. The molecule has 1 atom stereocenters. The van der Waals surface area contributed by atoms with Gasteiger partial charge < -0.3 is 11.1 Å². The summed E-state index contributed by atoms with van der Waals surface area (Å²) in [4.78, 5) is 11.5. The molecule has 0 aliphatic carbocycles. The predicted octanol–water partition coefficient (Wildman–Crippen LogP) is 1.14. The molecule has 0 fully saturated rings. The van der Waals surface area contributed by atoms with E-state index in [1.807, 2.05) is 13.1 Å². The van der Waals surface area contributed by atoms with E-state index in [9.17, 15) is 4.79 Å². The first-order valence-corrected chi connectivity index (χ1v) is 6.59. The summed E-state index contributed by atoms with van der Waals surface area (Å²) in [6.07, 6.45) is 5.17. The Hall–Kier alpha value is -1.36. The molecule has 1 amide bonds. The number of nitrogens with two attached hydrogens (primary N) is 1. The third-order valence-electron chi connectivity index (χ3n) is 3.15. The minimum absolute atomic E-state index is 0.124. The zero-order valence-electron chi connectivity index (χ0n) is 11.3. The van der Waals surface area contributed by atoms with Gasteiger partial charge in [-0.3, -0.25) is 9.89 Å². The minimum Gasteiger partial charge on any atom is -0.356 e. The fourth-order valence-corrected chi connectivity index (χ4v) is 1.72. The molecule has 0 aliphatic heterocycles. The van der Waals surface area contributed by atoms with E-state index in [1.54, 1.807) is 0 Å². The van der Waals surface area contributed by atoms with Crippen LogP contribution in [0.1, 0.15) is 37.4 Å². The highest BCUT2D eigenvalue weighted by Crippen LogP contribution is 2.05. The van der Waals surface area contributed by atoms with Crippen molar-refractivity contribution in [2.75, 3.05) is 13.1 Å². The van der Waals surface area contributed by atoms with Crippen LogP contribution in [0.15, 0.2) is 6.20 Å². The number of carbonyl (C=O) groups is 1. The van der Waals surface area contributed by atoms with Crippen molar-refractivity contribution in [3.63, 3.8) is 0 Å². The number of carbonyl (C=O) groups excluding carboxylic acids is 1. The maximum Gasteiger partial charge on any atom is 0.220 e. The second-order valence-electron chi connectivity index (χ2n) is 4.85. The van der Waals surface area contributed by atoms with Gasteiger partial charge in [-0.2, -0.15) is 5.10 Å². The number of aromatic amines is 1. The lowest BCUT2D eigenvalue weighted by molar-refractivity contribution is -0.121. The van der Waals surface area contributed by atoms with E-state index in [2.05, 4.69) is 22.4 Å². The first-order chi connectivity index (χ1) is 8.63. The highest BCUT2D eigenvalue weighted by molar-refractivity contribution is 5.75. The van der Waals surface area contributed by atoms with E-state index in [1.165, 1.54) is 5.56 Å². The van der Waals surface area contributed by atoms with Gasteiger partial charge in [-0.15, -0.1) is 0 Å². The van der Waals surface area contributed by atoms with Gasteiger partial charge in [0.25, 0.3) is 0 Å². The lowest BCUT2D eigenvalue weighted by atomic mass is 10.1. The fraction of sp³-hybridized carbons (Fsp3) is 0.692. The van der Waals surface area contributed by atoms with E-state index in [0.717, 1.165) is 31.5 Å². The number of hydrogen-bond acceptors (Lipinski definition) is 3. The average molecular weight is 252 g/mol. The van der Waals surface area contributed by atoms with Crippen LogP contribution in [0.3, 0.4) is 0 Å². The largest absolute Gasteiger partial charge is 0.356 e. The lowest BCUT2D eigenvalue weighted by Crippen LogP contribution is -2.25. The molecular formula is C13H24N4O. The Kier molecular flexibility index (Phi) is 6.43. The summed E-state index contributed by atoms with van der Waals surface area (Å²) in [5, 5.41) is 9.81. The molecule has 0 saturated carbocycles. The molecule has 1 unspecified atom stereocenters. The Bertz CT molecular complexity index is 362. The lowest BCUT2D eigenvalue weighted by Gasteiger charge is -2.08. The van der Waals surface area contributed by atoms with Crippen LogP contribution < -0.4 is 11.1 Å². The summed E-state index contributed by atoms with van der Waals surface area (Å²) in [5.74, 6) is 0.545. The molecule has 1 aromatic rings. The summed E-state index contributed by atoms with van der Waals surface area (Å²) in [7, 11) is 0. The number of nitrogens with one attached hydrogen (secondary N) is 2. The predicted molar refractivity (Wildman–Crippen MR) is 72.1 cm³/mol. The van der Waals surface area contributed by atoms with E-state index < -0.39 is 0 Å². The zero-order valence-corrected chi connectivity index (χ0v) is 11.3. The summed E-state index contributed by atoms with van der Waals surface area (Å²) in [5.41, 5.74) is 7.84. The number of nitrogens with zero attached hydrogens (tertiary/aromatic N) is 1. The molecular weight excluding hydrogens is 228 g/mol. The number of amides is 1. The van der Waals surface area contributed by atoms with Gasteiger partial charge in [0.1, 0.15) is 0 Å². The van der Waals surface area contributed by atoms with Crippen molar-refractivity contribution in [3.8, 4) is 0 Å². The smallest absolute Gasteiger partial charge is 0.220 e. The van der Waals surface area contributed by atoms with Crippen LogP contribution in [0, 0.1) is 12.8 Å². The standard InChI is InChI=1S/C13H24N4O/c1-10(8-14)5-6-13(18)15-7-3-4-12-9-16-17-11(12)2/h9-10H,3-8,14H2,1-2H3,(H,15,18)(H,16,17). The normalized spacial score (nSPS) is 12.4. The zero-order chi connectivity index (χ0) is 13.4. The molecule has 0 radical (unpaired) electrons. The van der Waals surface area contributed by atoms with E-state index in [-0.39, 0.29) is 5.91 Å². The van der Waals surface area contributed by atoms with Gasteiger partial charge in [0.05, 0.1) is 6.20 Å². The van der Waals surface area contributed by atoms with Crippen molar-refractivity contribution >= 4 is 5.91 Å². The van der Waals surface area contributed by atoms with Crippen molar-refractivity contribution in [3.05, 3.63) is 17.5 Å². The molecule has 5 nitrogen and oxygen atoms in total. The Balaban J connectivity index is 2.07. The van der Waals surface area contributed by atoms with Gasteiger partial charge in [0.2, 0.25) is 5.91 Å². The monoisotopic (exact) mass is 252 g/mol. The molecule has 5 heteroatoms. The Labute approximate surface area is 109 Å². The third-order valence-corrected chi connectivity index (χ3v) is 3.15. The molecule has 0 spiro atoms. The maximum atomic E-state index is 11.5. The molecule has 0 aromatic carbocycles. The van der Waals surface area contributed by atoms with Crippen LogP contribution in [-0.2, 0) is 11.2 Å². The summed E-state index contributed by atoms with van der Waals surface area (Å²) in [6.45, 7) is 5.44. The fourth-order valence-electron chi connectivity index (χ4n) is 1.72. The second-order valence-corrected chi connectivity index (χ2v) is 4.85. The van der Waals surface area contributed by atoms with Crippen molar-refractivity contribution in [2.24, 2.45) is 11.7 Å². The van der Waals surface area contributed by atoms with Gasteiger partial charge in [0, 0.05) is 18.7 Å². The van der Waals surface area contributed by atoms with Crippen LogP contribution in [-0.4, -0.2) is 29.2 Å². The van der Waals surface area contributed by atoms with E-state index >= 15 is 0 Å². The first kappa shape index (κ1) is 14.7. The minimum atomic E-state index is 0.124. The molecule has 1 rings (SSSR count). The summed E-state index contributed by atoms with van der Waals surface area (Å²) >= 11 is 0. The van der Waals surface area contributed by atoms with Crippen LogP contribution in [0.2, 0.25) is 0 Å². The maximum absolute atomic E-state index is 11.5. The molecule has 0 saturated heterocycles. The van der Waals surface area contributed by atoms with Crippen LogP contribution >= 0.6 is 0 Å². The van der Waals surface area contributed by atoms with Crippen LogP contribution in [0.4, 0.5) is 0 Å². The number of hydrogen-bond donors (Lipinski definition) is 3. The Morgan fingerprint density at radius 3 is 3.00 bits per heavy atom. The number of aromatic nitrogens is 2. The summed E-state index contributed by atoms with van der Waals surface area (Å²) < 4.78 is 0. The topological polar surface area (TPSA) is 83.8 Å². The summed E-state index contributed by atoms with van der Waals surface area (Å²) in [6, 6.07) is 0. The van der Waals surface area contributed by atoms with Gasteiger partial charge in [-0.1, -0.05) is 6.92 Å². The number of rotatable bonds is 8. The van der Waals surface area contributed by atoms with Crippen molar-refractivity contribution in [1.29, 1.82) is 0 Å². The van der Waals surface area contributed by atoms with Gasteiger partial charge >= 0.3 is 0 Å². The van der Waals surface area contributed by atoms with Crippen molar-refractivity contribution < 1.29 is 4.79 Å². The molecule has 102 valence electrons. The second kappa shape index (κ2) is 7.87. The van der Waals surface area contributed by atoms with E-state index in [0.29, 0.717) is 18.9 Å². The Morgan fingerprint density at radius 2 is 2.39 bits per heavy atom. The molecule has 4 N–H and O–H groups in total. The van der Waals surface area contributed by atoms with Crippen LogP contribution in [0.25, 0.3) is 0 Å². The quantitative estimate of drug-likeness (QED) is 0.607. The highest BCUT2D eigenvalue weighted by Gasteiger charge is 2.05. The van der Waals surface area contributed by atoms with Crippen molar-refractivity contribution in [1.82, 2.24) is 15.5 Å². The molecule has 1 aromatic heterocycles. The van der Waals surface area contributed by atoms with Gasteiger partial charge in [-0.25, -0.2) is 0 Å². The molecule has 0 bridgehead atoms. The molecule has 0 aliphatic rings. The first-order valence-electron chi connectivity index (χ1n) is 6.59. The van der Waals surface area contributed by atoms with Crippen LogP contribution in [0.5, 0.6) is 0 Å². The van der Waals surface area contributed by atoms with Crippen molar-refractivity contribution in [2.45, 2.75) is 39.5 Å². The SMILES string of the molecule is Cc1[nH]ncc1CCCNC(=O)CCC(C)CN. The number of aryl methyl sites for hydroxylation is 2. The van der Waals surface area contributed by atoms with E-state index in [4.69, 9.17) is 5.73 Å².